The standard InChI is InChI=1S/C16H13N3/c1-19-15-8-4-6-12(17)11(15)9-14-16(19)10-5-2-3-7-13(10)18-14/h2-9H,17H2,1H3. The van der Waals surface area contributed by atoms with Crippen LogP contribution in [0.3, 0.4) is 0 Å². The summed E-state index contributed by atoms with van der Waals surface area (Å²) in [6.45, 7) is 0. The summed E-state index contributed by atoms with van der Waals surface area (Å²) in [6.07, 6.45) is 0. The number of anilines is 1. The molecule has 3 nitrogen and oxygen atoms in total. The monoisotopic (exact) mass is 247 g/mol. The van der Waals surface area contributed by atoms with Crippen LogP contribution in [0.15, 0.2) is 48.5 Å². The maximum absolute atomic E-state index is 6.07. The first-order valence-electron chi connectivity index (χ1n) is 6.28. The second-order valence-electron chi connectivity index (χ2n) is 4.85. The van der Waals surface area contributed by atoms with Gasteiger partial charge in [0.1, 0.15) is 0 Å². The van der Waals surface area contributed by atoms with Gasteiger partial charge in [0.15, 0.2) is 0 Å². The predicted molar refractivity (Wildman–Crippen MR) is 79.3 cm³/mol. The van der Waals surface area contributed by atoms with Crippen LogP contribution in [-0.4, -0.2) is 9.55 Å². The van der Waals surface area contributed by atoms with Crippen LogP contribution in [0.25, 0.3) is 33.2 Å². The van der Waals surface area contributed by atoms with Crippen molar-refractivity contribution in [1.82, 2.24) is 9.55 Å². The third-order valence-corrected chi connectivity index (χ3v) is 3.74. The molecule has 0 atom stereocenters. The van der Waals surface area contributed by atoms with Gasteiger partial charge < -0.3 is 10.3 Å². The smallest absolute Gasteiger partial charge is 0.0888 e. The van der Waals surface area contributed by atoms with Gasteiger partial charge in [-0.15, -0.1) is 0 Å². The van der Waals surface area contributed by atoms with Gasteiger partial charge in [0.05, 0.1) is 22.4 Å². The van der Waals surface area contributed by atoms with Crippen LogP contribution < -0.4 is 5.73 Å². The molecule has 0 aliphatic carbocycles. The van der Waals surface area contributed by atoms with E-state index in [0.29, 0.717) is 0 Å². The van der Waals surface area contributed by atoms with Gasteiger partial charge in [0.25, 0.3) is 0 Å². The van der Waals surface area contributed by atoms with Gasteiger partial charge in [-0.2, -0.15) is 0 Å². The highest BCUT2D eigenvalue weighted by Gasteiger charge is 2.16. The SMILES string of the molecule is Cn1c2c3ccccc3nc-2cc2c(N)cccc21. The Balaban J connectivity index is 2.31. The summed E-state index contributed by atoms with van der Waals surface area (Å²) in [6, 6.07) is 16.3. The van der Waals surface area contributed by atoms with Crippen molar-refractivity contribution in [2.75, 3.05) is 5.73 Å². The average molecular weight is 247 g/mol. The normalized spacial score (nSPS) is 11.6. The summed E-state index contributed by atoms with van der Waals surface area (Å²) in [5, 5.41) is 2.24. The highest BCUT2D eigenvalue weighted by Crippen LogP contribution is 2.35. The van der Waals surface area contributed by atoms with Crippen LogP contribution in [0, 0.1) is 0 Å². The molecule has 0 fully saturated rings. The van der Waals surface area contributed by atoms with Crippen molar-refractivity contribution in [3.8, 4) is 11.4 Å². The lowest BCUT2D eigenvalue weighted by atomic mass is 10.1. The topological polar surface area (TPSA) is 43.8 Å². The highest BCUT2D eigenvalue weighted by atomic mass is 15.0. The van der Waals surface area contributed by atoms with Gasteiger partial charge in [0.2, 0.25) is 0 Å². The number of pyridine rings is 1. The number of rotatable bonds is 0. The van der Waals surface area contributed by atoms with E-state index in [-0.39, 0.29) is 0 Å². The van der Waals surface area contributed by atoms with Crippen molar-refractivity contribution in [1.29, 1.82) is 0 Å². The molecule has 0 saturated heterocycles. The maximum Gasteiger partial charge on any atom is 0.0888 e. The minimum atomic E-state index is 0.794. The maximum atomic E-state index is 6.07. The molecule has 0 saturated carbocycles. The molecule has 4 rings (SSSR count). The second kappa shape index (κ2) is 3.48. The quantitative estimate of drug-likeness (QED) is 0.484. The minimum Gasteiger partial charge on any atom is -0.398 e. The summed E-state index contributed by atoms with van der Waals surface area (Å²) in [5.41, 5.74) is 11.2. The number of benzene rings is 2. The van der Waals surface area contributed by atoms with Crippen LogP contribution in [-0.2, 0) is 7.05 Å². The van der Waals surface area contributed by atoms with E-state index in [2.05, 4.69) is 29.8 Å². The molecule has 0 radical (unpaired) electrons. The van der Waals surface area contributed by atoms with E-state index in [1.165, 1.54) is 5.39 Å². The lowest BCUT2D eigenvalue weighted by molar-refractivity contribution is 0.967. The summed E-state index contributed by atoms with van der Waals surface area (Å²) in [4.78, 5) is 4.69. The van der Waals surface area contributed by atoms with E-state index < -0.39 is 0 Å². The fourth-order valence-corrected chi connectivity index (χ4v) is 2.82. The molecule has 0 spiro atoms. The molecule has 2 heterocycles. The Labute approximate surface area is 110 Å². The summed E-state index contributed by atoms with van der Waals surface area (Å²) in [7, 11) is 2.07. The number of nitrogens with two attached hydrogens (primary N) is 1. The Bertz CT molecular complexity index is 889. The zero-order chi connectivity index (χ0) is 13.0. The Morgan fingerprint density at radius 2 is 1.84 bits per heavy atom. The first-order chi connectivity index (χ1) is 9.25. The van der Waals surface area contributed by atoms with Gasteiger partial charge in [-0.3, -0.25) is 0 Å². The van der Waals surface area contributed by atoms with Crippen molar-refractivity contribution >= 4 is 27.5 Å². The number of aromatic nitrogens is 2. The van der Waals surface area contributed by atoms with Crippen LogP contribution in [0.5, 0.6) is 0 Å². The first kappa shape index (κ1) is 10.4. The molecule has 0 aromatic heterocycles. The van der Waals surface area contributed by atoms with Crippen LogP contribution >= 0.6 is 0 Å². The lowest BCUT2D eigenvalue weighted by Crippen LogP contribution is -2.00. The molecule has 2 aliphatic heterocycles. The molecule has 2 aromatic rings. The molecule has 3 heteroatoms. The van der Waals surface area contributed by atoms with Gasteiger partial charge in [-0.25, -0.2) is 4.98 Å². The zero-order valence-electron chi connectivity index (χ0n) is 10.6. The summed E-state index contributed by atoms with van der Waals surface area (Å²) >= 11 is 0. The molecular formula is C16H13N3. The Hall–Kier alpha value is -2.55. The third-order valence-electron chi connectivity index (χ3n) is 3.74. The molecule has 0 amide bonds. The fourth-order valence-electron chi connectivity index (χ4n) is 2.82. The Kier molecular flexibility index (Phi) is 1.90. The number of nitrogen functional groups attached to an aromatic ring is 1. The number of aryl methyl sites for hydroxylation is 1. The molecular weight excluding hydrogens is 234 g/mol. The Morgan fingerprint density at radius 1 is 1.00 bits per heavy atom. The number of nitrogens with zero attached hydrogens (tertiary/aromatic N) is 2. The van der Waals surface area contributed by atoms with Crippen molar-refractivity contribution in [2.24, 2.45) is 7.05 Å². The molecule has 0 bridgehead atoms. The molecule has 2 aromatic carbocycles. The van der Waals surface area contributed by atoms with Gasteiger partial charge >= 0.3 is 0 Å². The van der Waals surface area contributed by atoms with Crippen molar-refractivity contribution in [3.05, 3.63) is 48.5 Å². The number of hydrogen-bond donors (Lipinski definition) is 1. The van der Waals surface area contributed by atoms with E-state index in [1.807, 2.05) is 30.3 Å². The van der Waals surface area contributed by atoms with Gasteiger partial charge in [-0.1, -0.05) is 24.3 Å². The van der Waals surface area contributed by atoms with Crippen molar-refractivity contribution in [2.45, 2.75) is 0 Å². The molecule has 0 unspecified atom stereocenters. The van der Waals surface area contributed by atoms with E-state index in [1.54, 1.807) is 0 Å². The lowest BCUT2D eigenvalue weighted by Gasteiger charge is -2.13. The zero-order valence-corrected chi connectivity index (χ0v) is 10.6. The van der Waals surface area contributed by atoms with Gasteiger partial charge in [-0.05, 0) is 24.3 Å². The molecule has 19 heavy (non-hydrogen) atoms. The molecule has 92 valence electrons. The van der Waals surface area contributed by atoms with Crippen molar-refractivity contribution in [3.63, 3.8) is 0 Å². The number of hydrogen-bond acceptors (Lipinski definition) is 2. The predicted octanol–water partition coefficient (Wildman–Crippen LogP) is 3.41. The summed E-state index contributed by atoms with van der Waals surface area (Å²) in [5.74, 6) is 0. The van der Waals surface area contributed by atoms with E-state index in [0.717, 1.165) is 33.5 Å². The number of fused-ring (bicyclic) bond motifs is 4. The first-order valence-corrected chi connectivity index (χ1v) is 6.28. The number of para-hydroxylation sites is 1. The summed E-state index contributed by atoms with van der Waals surface area (Å²) < 4.78 is 2.18. The minimum absolute atomic E-state index is 0.794. The van der Waals surface area contributed by atoms with Crippen LogP contribution in [0.4, 0.5) is 5.69 Å². The third kappa shape index (κ3) is 1.30. The largest absolute Gasteiger partial charge is 0.398 e. The van der Waals surface area contributed by atoms with E-state index in [9.17, 15) is 0 Å². The van der Waals surface area contributed by atoms with Crippen LogP contribution in [0.2, 0.25) is 0 Å². The van der Waals surface area contributed by atoms with Gasteiger partial charge in [0, 0.05) is 23.5 Å². The molecule has 2 N–H and O–H groups in total. The van der Waals surface area contributed by atoms with E-state index >= 15 is 0 Å². The van der Waals surface area contributed by atoms with Crippen LogP contribution in [0.1, 0.15) is 0 Å². The fraction of sp³-hybridized carbons (Fsp3) is 0.0625. The average Bonchev–Trinajstić information content (AvgIpc) is 2.79. The highest BCUT2D eigenvalue weighted by molar-refractivity contribution is 6.02. The van der Waals surface area contributed by atoms with E-state index in [4.69, 9.17) is 10.7 Å². The second-order valence-corrected chi connectivity index (χ2v) is 4.85. The molecule has 2 aliphatic rings. The van der Waals surface area contributed by atoms with Crippen molar-refractivity contribution < 1.29 is 0 Å². The Morgan fingerprint density at radius 3 is 2.74 bits per heavy atom.